The molecule has 1 fully saturated rings. The molecule has 1 unspecified atom stereocenters. The van der Waals surface area contributed by atoms with Crippen LogP contribution in [0.1, 0.15) is 37.8 Å². The maximum atomic E-state index is 6.10. The summed E-state index contributed by atoms with van der Waals surface area (Å²) in [6, 6.07) is 6.96. The van der Waals surface area contributed by atoms with E-state index in [1.165, 1.54) is 30.5 Å². The first-order valence-corrected chi connectivity index (χ1v) is 8.03. The molecule has 0 saturated carbocycles. The van der Waals surface area contributed by atoms with Gasteiger partial charge >= 0.3 is 0 Å². The van der Waals surface area contributed by atoms with Gasteiger partial charge in [0.05, 0.1) is 6.54 Å². The molecule has 0 spiro atoms. The van der Waals surface area contributed by atoms with E-state index in [2.05, 4.69) is 54.3 Å². The molecule has 2 rings (SSSR count). The zero-order valence-corrected chi connectivity index (χ0v) is 16.3. The predicted molar refractivity (Wildman–Crippen MR) is 106 cm³/mol. The van der Waals surface area contributed by atoms with Crippen molar-refractivity contribution >= 4 is 35.6 Å². The average molecular weight is 416 g/mol. The van der Waals surface area contributed by atoms with Gasteiger partial charge in [-0.05, 0) is 50.4 Å². The number of hydrogen-bond acceptors (Lipinski definition) is 2. The number of guanidine groups is 1. The third kappa shape index (κ3) is 4.84. The first-order valence-electron chi connectivity index (χ1n) is 8.03. The van der Waals surface area contributed by atoms with E-state index in [1.807, 2.05) is 0 Å². The van der Waals surface area contributed by atoms with Gasteiger partial charge in [-0.25, -0.2) is 0 Å². The molecule has 124 valence electrons. The van der Waals surface area contributed by atoms with Crippen LogP contribution in [0, 0.1) is 0 Å². The molecule has 0 bridgehead atoms. The van der Waals surface area contributed by atoms with Crippen molar-refractivity contribution in [3.63, 3.8) is 0 Å². The number of nitrogens with two attached hydrogens (primary N) is 1. The third-order valence-corrected chi connectivity index (χ3v) is 4.40. The number of halogens is 1. The lowest BCUT2D eigenvalue weighted by molar-refractivity contribution is 0.317. The summed E-state index contributed by atoms with van der Waals surface area (Å²) in [6.45, 7) is 6.29. The minimum atomic E-state index is 0. The van der Waals surface area contributed by atoms with Gasteiger partial charge in [-0.2, -0.15) is 0 Å². The Hall–Kier alpha value is -0.820. The van der Waals surface area contributed by atoms with E-state index in [0.29, 0.717) is 12.0 Å². The highest BCUT2D eigenvalue weighted by Gasteiger charge is 2.20. The van der Waals surface area contributed by atoms with Gasteiger partial charge in [0.25, 0.3) is 0 Å². The Morgan fingerprint density at radius 3 is 2.45 bits per heavy atom. The Bertz CT molecular complexity index is 479. The summed E-state index contributed by atoms with van der Waals surface area (Å²) in [7, 11) is 2.17. The Balaban J connectivity index is 0.00000242. The fourth-order valence-electron chi connectivity index (χ4n) is 2.98. The Labute approximate surface area is 151 Å². The highest BCUT2D eigenvalue weighted by molar-refractivity contribution is 14.0. The molecule has 1 atom stereocenters. The van der Waals surface area contributed by atoms with Gasteiger partial charge < -0.3 is 16.0 Å². The van der Waals surface area contributed by atoms with Crippen LogP contribution in [0.2, 0.25) is 0 Å². The van der Waals surface area contributed by atoms with Gasteiger partial charge in [0.1, 0.15) is 0 Å². The number of para-hydroxylation sites is 1. The number of likely N-dealkylation sites (N-methyl/N-ethyl adjacent to an activating group) is 1. The second kappa shape index (κ2) is 9.35. The van der Waals surface area contributed by atoms with Gasteiger partial charge in [0, 0.05) is 11.7 Å². The number of rotatable bonds is 5. The summed E-state index contributed by atoms with van der Waals surface area (Å²) in [5, 5.41) is 3.33. The molecule has 0 aliphatic carbocycles. The fraction of sp³-hybridized carbons (Fsp3) is 0.588. The number of nitrogens with one attached hydrogen (secondary N) is 1. The van der Waals surface area contributed by atoms with Crippen LogP contribution >= 0.6 is 24.0 Å². The van der Waals surface area contributed by atoms with E-state index in [0.717, 1.165) is 25.1 Å². The maximum Gasteiger partial charge on any atom is 0.193 e. The van der Waals surface area contributed by atoms with Gasteiger partial charge in [-0.1, -0.05) is 32.0 Å². The van der Waals surface area contributed by atoms with Crippen molar-refractivity contribution in [2.45, 2.75) is 45.6 Å². The van der Waals surface area contributed by atoms with E-state index in [-0.39, 0.29) is 24.0 Å². The summed E-state index contributed by atoms with van der Waals surface area (Å²) >= 11 is 0. The second-order valence-electron chi connectivity index (χ2n) is 5.79. The average Bonchev–Trinajstić information content (AvgIpc) is 2.90. The number of aliphatic imine (C=N–C) groups is 1. The van der Waals surface area contributed by atoms with E-state index in [9.17, 15) is 0 Å². The van der Waals surface area contributed by atoms with Gasteiger partial charge in [0.2, 0.25) is 0 Å². The van der Waals surface area contributed by atoms with Crippen LogP contribution in [-0.4, -0.2) is 37.0 Å². The molecule has 5 heteroatoms. The van der Waals surface area contributed by atoms with Gasteiger partial charge in [-0.3, -0.25) is 4.99 Å². The molecule has 4 nitrogen and oxygen atoms in total. The van der Waals surface area contributed by atoms with Crippen molar-refractivity contribution in [1.82, 2.24) is 4.90 Å². The van der Waals surface area contributed by atoms with Crippen molar-refractivity contribution in [3.8, 4) is 0 Å². The van der Waals surface area contributed by atoms with E-state index in [4.69, 9.17) is 5.73 Å². The van der Waals surface area contributed by atoms with Crippen molar-refractivity contribution in [3.05, 3.63) is 29.3 Å². The maximum absolute atomic E-state index is 6.10. The molecular weight excluding hydrogens is 387 g/mol. The molecule has 1 aromatic carbocycles. The molecule has 22 heavy (non-hydrogen) atoms. The highest BCUT2D eigenvalue weighted by atomic mass is 127. The number of hydrogen-bond donors (Lipinski definition) is 2. The first kappa shape index (κ1) is 19.2. The van der Waals surface area contributed by atoms with Gasteiger partial charge in [0.15, 0.2) is 5.96 Å². The smallest absolute Gasteiger partial charge is 0.193 e. The lowest BCUT2D eigenvalue weighted by Crippen LogP contribution is -2.30. The molecule has 0 amide bonds. The lowest BCUT2D eigenvalue weighted by atomic mass is 10.0. The summed E-state index contributed by atoms with van der Waals surface area (Å²) in [6.07, 6.45) is 4.48. The number of benzene rings is 1. The molecule has 1 aliphatic heterocycles. The molecule has 1 heterocycles. The van der Waals surface area contributed by atoms with Crippen LogP contribution in [0.15, 0.2) is 23.2 Å². The molecule has 0 aromatic heterocycles. The summed E-state index contributed by atoms with van der Waals surface area (Å²) in [4.78, 5) is 6.91. The Morgan fingerprint density at radius 2 is 1.95 bits per heavy atom. The second-order valence-corrected chi connectivity index (χ2v) is 5.79. The third-order valence-electron chi connectivity index (χ3n) is 4.40. The van der Waals surface area contributed by atoms with Crippen molar-refractivity contribution in [2.24, 2.45) is 10.7 Å². The van der Waals surface area contributed by atoms with E-state index in [1.54, 1.807) is 0 Å². The molecule has 1 aromatic rings. The number of likely N-dealkylation sites (tertiary alicyclic amines) is 1. The fourth-order valence-corrected chi connectivity index (χ4v) is 2.98. The predicted octanol–water partition coefficient (Wildman–Crippen LogP) is 3.25. The number of nitrogens with zero attached hydrogens (tertiary/aromatic N) is 2. The molecule has 0 radical (unpaired) electrons. The Morgan fingerprint density at radius 1 is 1.32 bits per heavy atom. The first-order chi connectivity index (χ1) is 10.2. The largest absolute Gasteiger partial charge is 0.370 e. The van der Waals surface area contributed by atoms with Crippen LogP contribution in [0.4, 0.5) is 5.69 Å². The standard InChI is InChI=1S/C17H28N4.HI/c1-4-13-8-6-9-14(5-2)16(13)20-17(18)19-12-15-10-7-11-21(15)3;/h6,8-9,15H,4-5,7,10-12H2,1-3H3,(H3,18,19,20);1H. The van der Waals surface area contributed by atoms with Gasteiger partial charge in [-0.15, -0.1) is 24.0 Å². The van der Waals surface area contributed by atoms with Crippen LogP contribution in [0.5, 0.6) is 0 Å². The van der Waals surface area contributed by atoms with Crippen LogP contribution in [-0.2, 0) is 12.8 Å². The molecule has 3 N–H and O–H groups in total. The zero-order chi connectivity index (χ0) is 15.2. The summed E-state index contributed by atoms with van der Waals surface area (Å²) < 4.78 is 0. The van der Waals surface area contributed by atoms with Crippen LogP contribution in [0.25, 0.3) is 0 Å². The summed E-state index contributed by atoms with van der Waals surface area (Å²) in [5.41, 5.74) is 9.83. The lowest BCUT2D eigenvalue weighted by Gasteiger charge is -2.18. The van der Waals surface area contributed by atoms with E-state index >= 15 is 0 Å². The van der Waals surface area contributed by atoms with Crippen molar-refractivity contribution in [1.29, 1.82) is 0 Å². The summed E-state index contributed by atoms with van der Waals surface area (Å²) in [5.74, 6) is 0.533. The highest BCUT2D eigenvalue weighted by Crippen LogP contribution is 2.22. The zero-order valence-electron chi connectivity index (χ0n) is 13.9. The number of anilines is 1. The quantitative estimate of drug-likeness (QED) is 0.440. The van der Waals surface area contributed by atoms with Crippen LogP contribution < -0.4 is 11.1 Å². The topological polar surface area (TPSA) is 53.6 Å². The SMILES string of the molecule is CCc1cccc(CC)c1NC(N)=NCC1CCCN1C.I. The number of aryl methyl sites for hydroxylation is 2. The van der Waals surface area contributed by atoms with Crippen molar-refractivity contribution < 1.29 is 0 Å². The normalized spacial score (nSPS) is 19.0. The monoisotopic (exact) mass is 416 g/mol. The molecular formula is C17H29IN4. The minimum Gasteiger partial charge on any atom is -0.370 e. The Kier molecular flexibility index (Phi) is 8.17. The molecule has 1 aliphatic rings. The molecule has 1 saturated heterocycles. The van der Waals surface area contributed by atoms with E-state index < -0.39 is 0 Å². The minimum absolute atomic E-state index is 0. The van der Waals surface area contributed by atoms with Crippen molar-refractivity contribution in [2.75, 3.05) is 25.5 Å². The van der Waals surface area contributed by atoms with Crippen LogP contribution in [0.3, 0.4) is 0 Å².